The highest BCUT2D eigenvalue weighted by Gasteiger charge is 2.28. The molecule has 1 N–H and O–H groups in total. The van der Waals surface area contributed by atoms with Crippen molar-refractivity contribution in [2.45, 2.75) is 43.9 Å². The maximum Gasteiger partial charge on any atom is 0.0501 e. The van der Waals surface area contributed by atoms with E-state index >= 15 is 0 Å². The molecule has 1 saturated carbocycles. The van der Waals surface area contributed by atoms with Crippen molar-refractivity contribution >= 4 is 10.8 Å². The first-order chi connectivity index (χ1) is 6.79. The van der Waals surface area contributed by atoms with Crippen molar-refractivity contribution in [2.24, 2.45) is 0 Å². The Kier molecular flexibility index (Phi) is 5.41. The van der Waals surface area contributed by atoms with Gasteiger partial charge in [0.05, 0.1) is 5.25 Å². The predicted molar refractivity (Wildman–Crippen MR) is 62.9 cm³/mol. The van der Waals surface area contributed by atoms with Gasteiger partial charge >= 0.3 is 0 Å². The smallest absolute Gasteiger partial charge is 0.0501 e. The van der Waals surface area contributed by atoms with Crippen molar-refractivity contribution in [2.75, 3.05) is 12.3 Å². The molecule has 0 bridgehead atoms. The second kappa shape index (κ2) is 6.36. The fourth-order valence-electron chi connectivity index (χ4n) is 2.09. The number of rotatable bonds is 5. The van der Waals surface area contributed by atoms with Crippen LogP contribution in [-0.4, -0.2) is 27.8 Å². The minimum absolute atomic E-state index is 0.369. The summed E-state index contributed by atoms with van der Waals surface area (Å²) >= 11 is 0. The van der Waals surface area contributed by atoms with Gasteiger partial charge in [0.25, 0.3) is 0 Å². The molecule has 0 radical (unpaired) electrons. The molecule has 1 aliphatic carbocycles. The lowest BCUT2D eigenvalue weighted by molar-refractivity contribution is 0.390. The van der Waals surface area contributed by atoms with E-state index < -0.39 is 10.8 Å². The van der Waals surface area contributed by atoms with E-state index in [9.17, 15) is 4.21 Å². The first-order valence-electron chi connectivity index (χ1n) is 5.51. The third-order valence-corrected chi connectivity index (χ3v) is 4.66. The topological polar surface area (TPSA) is 29.1 Å². The highest BCUT2D eigenvalue weighted by Crippen LogP contribution is 2.22. The van der Waals surface area contributed by atoms with Crippen LogP contribution in [0.4, 0.5) is 0 Å². The standard InChI is InChI=1S/C11H21NOS/c1-3-9-12-10-7-5-6-8-11(10)14(13)4-2/h3,10-12H,1,4-9H2,2H3. The number of hydrogen-bond acceptors (Lipinski definition) is 2. The minimum atomic E-state index is -0.644. The summed E-state index contributed by atoms with van der Waals surface area (Å²) in [5.41, 5.74) is 0. The Bertz CT molecular complexity index is 205. The molecule has 0 aromatic rings. The first-order valence-corrected chi connectivity index (χ1v) is 6.89. The molecule has 3 heteroatoms. The SMILES string of the molecule is C=CCNC1CCCCC1S(=O)CC. The number of nitrogens with one attached hydrogen (secondary N) is 1. The van der Waals surface area contributed by atoms with E-state index in [1.54, 1.807) is 0 Å². The molecule has 82 valence electrons. The molecule has 0 saturated heterocycles. The van der Waals surface area contributed by atoms with Crippen molar-refractivity contribution in [3.05, 3.63) is 12.7 Å². The molecule has 3 unspecified atom stereocenters. The van der Waals surface area contributed by atoms with Crippen molar-refractivity contribution in [1.29, 1.82) is 0 Å². The molecule has 0 aromatic carbocycles. The molecule has 0 amide bonds. The summed E-state index contributed by atoms with van der Waals surface area (Å²) in [6.45, 7) is 6.54. The van der Waals surface area contributed by atoms with E-state index in [1.807, 2.05) is 13.0 Å². The van der Waals surface area contributed by atoms with Crippen LogP contribution in [0.2, 0.25) is 0 Å². The van der Waals surface area contributed by atoms with E-state index in [4.69, 9.17) is 0 Å². The van der Waals surface area contributed by atoms with E-state index in [1.165, 1.54) is 19.3 Å². The van der Waals surface area contributed by atoms with Gasteiger partial charge in [-0.05, 0) is 12.8 Å². The van der Waals surface area contributed by atoms with Gasteiger partial charge in [-0.25, -0.2) is 0 Å². The summed E-state index contributed by atoms with van der Waals surface area (Å²) in [7, 11) is -0.644. The van der Waals surface area contributed by atoms with Gasteiger partial charge in [0.1, 0.15) is 0 Å². The number of hydrogen-bond donors (Lipinski definition) is 1. The fraction of sp³-hybridized carbons (Fsp3) is 0.818. The summed E-state index contributed by atoms with van der Waals surface area (Å²) in [6.07, 6.45) is 6.68. The lowest BCUT2D eigenvalue weighted by Gasteiger charge is -2.31. The Morgan fingerprint density at radius 2 is 2.21 bits per heavy atom. The monoisotopic (exact) mass is 215 g/mol. The molecule has 14 heavy (non-hydrogen) atoms. The molecule has 1 fully saturated rings. The van der Waals surface area contributed by atoms with Gasteiger partial charge in [0.15, 0.2) is 0 Å². The highest BCUT2D eigenvalue weighted by atomic mass is 32.2. The largest absolute Gasteiger partial charge is 0.309 e. The fourth-order valence-corrected chi connectivity index (χ4v) is 3.55. The summed E-state index contributed by atoms with van der Waals surface area (Å²) in [5, 5.41) is 3.79. The summed E-state index contributed by atoms with van der Waals surface area (Å²) in [5.74, 6) is 0.789. The van der Waals surface area contributed by atoms with Gasteiger partial charge in [-0.15, -0.1) is 6.58 Å². The van der Waals surface area contributed by atoms with Gasteiger partial charge < -0.3 is 5.32 Å². The zero-order chi connectivity index (χ0) is 10.4. The van der Waals surface area contributed by atoms with Crippen LogP contribution >= 0.6 is 0 Å². The van der Waals surface area contributed by atoms with Crippen molar-refractivity contribution in [1.82, 2.24) is 5.32 Å². The van der Waals surface area contributed by atoms with Crippen LogP contribution < -0.4 is 5.32 Å². The van der Waals surface area contributed by atoms with Crippen molar-refractivity contribution < 1.29 is 4.21 Å². The van der Waals surface area contributed by atoms with E-state index in [-0.39, 0.29) is 0 Å². The zero-order valence-electron chi connectivity index (χ0n) is 9.00. The second-order valence-electron chi connectivity index (χ2n) is 3.80. The van der Waals surface area contributed by atoms with Crippen LogP contribution in [0.5, 0.6) is 0 Å². The Balaban J connectivity index is 2.49. The lowest BCUT2D eigenvalue weighted by atomic mass is 9.95. The molecule has 0 spiro atoms. The van der Waals surface area contributed by atoms with Gasteiger partial charge in [-0.3, -0.25) is 4.21 Å². The van der Waals surface area contributed by atoms with E-state index in [0.717, 1.165) is 18.7 Å². The lowest BCUT2D eigenvalue weighted by Crippen LogP contribution is -2.44. The van der Waals surface area contributed by atoms with Crippen LogP contribution in [0.3, 0.4) is 0 Å². The van der Waals surface area contributed by atoms with Gasteiger partial charge in [-0.2, -0.15) is 0 Å². The predicted octanol–water partition coefficient (Wildman–Crippen LogP) is 1.84. The highest BCUT2D eigenvalue weighted by molar-refractivity contribution is 7.85. The van der Waals surface area contributed by atoms with Crippen molar-refractivity contribution in [3.8, 4) is 0 Å². The molecule has 2 nitrogen and oxygen atoms in total. The quantitative estimate of drug-likeness (QED) is 0.709. The molecule has 0 aliphatic heterocycles. The molecule has 1 rings (SSSR count). The first kappa shape index (κ1) is 11.9. The summed E-state index contributed by atoms with van der Waals surface area (Å²) < 4.78 is 11.8. The Labute approximate surface area is 89.6 Å². The minimum Gasteiger partial charge on any atom is -0.309 e. The molecular formula is C11H21NOS. The summed E-state index contributed by atoms with van der Waals surface area (Å²) in [6, 6.07) is 0.447. The van der Waals surface area contributed by atoms with Crippen LogP contribution in [0, 0.1) is 0 Å². The average Bonchev–Trinajstić information content (AvgIpc) is 2.25. The summed E-state index contributed by atoms with van der Waals surface area (Å²) in [4.78, 5) is 0. The maximum atomic E-state index is 11.8. The van der Waals surface area contributed by atoms with E-state index in [0.29, 0.717) is 11.3 Å². The Morgan fingerprint density at radius 3 is 2.86 bits per heavy atom. The van der Waals surface area contributed by atoms with Gasteiger partial charge in [-0.1, -0.05) is 25.8 Å². The molecule has 0 aromatic heterocycles. The third-order valence-electron chi connectivity index (χ3n) is 2.85. The van der Waals surface area contributed by atoms with Gasteiger partial charge in [0.2, 0.25) is 0 Å². The molecule has 3 atom stereocenters. The normalized spacial score (nSPS) is 29.8. The van der Waals surface area contributed by atoms with Crippen LogP contribution in [-0.2, 0) is 10.8 Å². The third kappa shape index (κ3) is 3.21. The van der Waals surface area contributed by atoms with Gasteiger partial charge in [0, 0.05) is 29.1 Å². The Morgan fingerprint density at radius 1 is 1.50 bits per heavy atom. The Hall–Kier alpha value is -0.150. The van der Waals surface area contributed by atoms with Crippen LogP contribution in [0.15, 0.2) is 12.7 Å². The maximum absolute atomic E-state index is 11.8. The molecule has 1 aliphatic rings. The molecular weight excluding hydrogens is 194 g/mol. The average molecular weight is 215 g/mol. The second-order valence-corrected chi connectivity index (χ2v) is 5.74. The van der Waals surface area contributed by atoms with E-state index in [2.05, 4.69) is 11.9 Å². The van der Waals surface area contributed by atoms with Crippen LogP contribution in [0.25, 0.3) is 0 Å². The zero-order valence-corrected chi connectivity index (χ0v) is 9.81. The van der Waals surface area contributed by atoms with Crippen molar-refractivity contribution in [3.63, 3.8) is 0 Å². The van der Waals surface area contributed by atoms with Crippen LogP contribution in [0.1, 0.15) is 32.6 Å². The molecule has 0 heterocycles.